The molecule has 0 aromatic heterocycles. The topological polar surface area (TPSA) is 9.23 Å². The van der Waals surface area contributed by atoms with Gasteiger partial charge in [0.15, 0.2) is 0 Å². The Morgan fingerprint density at radius 3 is 2.48 bits per heavy atom. The smallest absolute Gasteiger partial charge is 0.119 e. The number of hydrogen-bond acceptors (Lipinski definition) is 1. The first kappa shape index (κ1) is 18.1. The number of allylic oxidation sites excluding steroid dienone is 2. The van der Waals surface area contributed by atoms with E-state index in [9.17, 15) is 0 Å². The van der Waals surface area contributed by atoms with Crippen LogP contribution in [-0.4, -0.2) is 6.61 Å². The highest BCUT2D eigenvalue weighted by Crippen LogP contribution is 2.30. The fraction of sp³-hybridized carbons (Fsp3) is 0.636. The number of benzene rings is 1. The highest BCUT2D eigenvalue weighted by atomic mass is 16.5. The summed E-state index contributed by atoms with van der Waals surface area (Å²) in [6.07, 6.45) is 15.7. The zero-order valence-corrected chi connectivity index (χ0v) is 15.2. The van der Waals surface area contributed by atoms with Crippen LogP contribution >= 0.6 is 0 Å². The van der Waals surface area contributed by atoms with Gasteiger partial charge in [0.05, 0.1) is 6.61 Å². The summed E-state index contributed by atoms with van der Waals surface area (Å²) in [5.41, 5.74) is 3.11. The molecule has 128 valence electrons. The molecular formula is C22H34O. The van der Waals surface area contributed by atoms with E-state index in [4.69, 9.17) is 4.74 Å². The molecule has 1 aromatic rings. The molecule has 0 spiro atoms. The van der Waals surface area contributed by atoms with Crippen LogP contribution in [-0.2, 0) is 6.42 Å². The molecule has 1 heteroatoms. The standard InChI is InChI=1S/C22H34O/c1-3-5-6-7-19-8-10-20(11-9-19)12-13-21-14-16-22(17-15-21)23-18-4-2/h10,14-17,19H,3-9,11-13,18H2,1-2H3. The second-order valence-electron chi connectivity index (χ2n) is 6.99. The average molecular weight is 315 g/mol. The molecule has 1 nitrogen and oxygen atoms in total. The van der Waals surface area contributed by atoms with Crippen molar-refractivity contribution < 1.29 is 4.74 Å². The third kappa shape index (κ3) is 6.81. The normalized spacial score (nSPS) is 17.8. The maximum atomic E-state index is 5.65. The van der Waals surface area contributed by atoms with E-state index >= 15 is 0 Å². The Hall–Kier alpha value is -1.24. The second kappa shape index (κ2) is 10.5. The first-order valence-electron chi connectivity index (χ1n) is 9.71. The fourth-order valence-corrected chi connectivity index (χ4v) is 3.39. The molecule has 0 fully saturated rings. The van der Waals surface area contributed by atoms with Gasteiger partial charge in [-0.2, -0.15) is 0 Å². The van der Waals surface area contributed by atoms with E-state index in [2.05, 4.69) is 44.2 Å². The van der Waals surface area contributed by atoms with Crippen molar-refractivity contribution in [2.75, 3.05) is 6.61 Å². The van der Waals surface area contributed by atoms with Gasteiger partial charge in [0.1, 0.15) is 5.75 Å². The van der Waals surface area contributed by atoms with Crippen LogP contribution in [0.5, 0.6) is 5.75 Å². The number of unbranched alkanes of at least 4 members (excludes halogenated alkanes) is 2. The Labute approximate surface area is 143 Å². The summed E-state index contributed by atoms with van der Waals surface area (Å²) in [7, 11) is 0. The molecule has 0 amide bonds. The van der Waals surface area contributed by atoms with Gasteiger partial charge in [0.25, 0.3) is 0 Å². The van der Waals surface area contributed by atoms with Crippen LogP contribution in [0.25, 0.3) is 0 Å². The summed E-state index contributed by atoms with van der Waals surface area (Å²) in [6, 6.07) is 8.68. The van der Waals surface area contributed by atoms with Crippen molar-refractivity contribution in [2.24, 2.45) is 5.92 Å². The Kier molecular flexibility index (Phi) is 8.28. The summed E-state index contributed by atoms with van der Waals surface area (Å²) in [6.45, 7) is 5.24. The maximum absolute atomic E-state index is 5.65. The lowest BCUT2D eigenvalue weighted by molar-refractivity contribution is 0.317. The zero-order valence-electron chi connectivity index (χ0n) is 15.2. The number of ether oxygens (including phenoxy) is 1. The fourth-order valence-electron chi connectivity index (χ4n) is 3.39. The first-order valence-corrected chi connectivity index (χ1v) is 9.71. The van der Waals surface area contributed by atoms with Gasteiger partial charge in [-0.25, -0.2) is 0 Å². The largest absolute Gasteiger partial charge is 0.494 e. The molecule has 0 radical (unpaired) electrons. The van der Waals surface area contributed by atoms with Gasteiger partial charge in [-0.05, 0) is 62.1 Å². The molecular weight excluding hydrogens is 280 g/mol. The average Bonchev–Trinajstić information content (AvgIpc) is 2.60. The molecule has 0 heterocycles. The highest BCUT2D eigenvalue weighted by molar-refractivity contribution is 5.28. The Morgan fingerprint density at radius 1 is 1.00 bits per heavy atom. The van der Waals surface area contributed by atoms with Gasteiger partial charge in [0.2, 0.25) is 0 Å². The van der Waals surface area contributed by atoms with E-state index < -0.39 is 0 Å². The molecule has 23 heavy (non-hydrogen) atoms. The predicted octanol–water partition coefficient (Wildman–Crippen LogP) is 6.71. The third-order valence-corrected chi connectivity index (χ3v) is 4.96. The summed E-state index contributed by atoms with van der Waals surface area (Å²) < 4.78 is 5.65. The molecule has 0 saturated carbocycles. The molecule has 0 aliphatic heterocycles. The lowest BCUT2D eigenvalue weighted by Gasteiger charge is -2.22. The van der Waals surface area contributed by atoms with Crippen molar-refractivity contribution in [3.05, 3.63) is 41.5 Å². The number of hydrogen-bond donors (Lipinski definition) is 0. The van der Waals surface area contributed by atoms with Gasteiger partial charge >= 0.3 is 0 Å². The molecule has 0 saturated heterocycles. The lowest BCUT2D eigenvalue weighted by Crippen LogP contribution is -2.06. The Bertz CT molecular complexity index is 457. The summed E-state index contributed by atoms with van der Waals surface area (Å²) in [5, 5.41) is 0. The maximum Gasteiger partial charge on any atom is 0.119 e. The van der Waals surface area contributed by atoms with Crippen LogP contribution < -0.4 is 4.74 Å². The van der Waals surface area contributed by atoms with Gasteiger partial charge in [-0.1, -0.05) is 63.3 Å². The van der Waals surface area contributed by atoms with E-state index in [0.717, 1.165) is 24.7 Å². The molecule has 0 N–H and O–H groups in total. The van der Waals surface area contributed by atoms with E-state index in [1.54, 1.807) is 5.57 Å². The first-order chi connectivity index (χ1) is 11.3. The van der Waals surface area contributed by atoms with E-state index in [0.29, 0.717) is 0 Å². The highest BCUT2D eigenvalue weighted by Gasteiger charge is 2.13. The molecule has 1 aliphatic rings. The summed E-state index contributed by atoms with van der Waals surface area (Å²) in [4.78, 5) is 0. The second-order valence-corrected chi connectivity index (χ2v) is 6.99. The molecule has 1 atom stereocenters. The van der Waals surface area contributed by atoms with Gasteiger partial charge < -0.3 is 4.74 Å². The molecule has 0 bridgehead atoms. The number of aryl methyl sites for hydroxylation is 1. The minimum atomic E-state index is 0.811. The van der Waals surface area contributed by atoms with Crippen LogP contribution in [0.15, 0.2) is 35.9 Å². The van der Waals surface area contributed by atoms with Gasteiger partial charge in [-0.3, -0.25) is 0 Å². The Balaban J connectivity index is 1.69. The molecule has 1 aliphatic carbocycles. The van der Waals surface area contributed by atoms with Crippen LogP contribution in [0, 0.1) is 5.92 Å². The third-order valence-electron chi connectivity index (χ3n) is 4.96. The van der Waals surface area contributed by atoms with Crippen molar-refractivity contribution in [1.82, 2.24) is 0 Å². The van der Waals surface area contributed by atoms with Gasteiger partial charge in [0, 0.05) is 0 Å². The minimum Gasteiger partial charge on any atom is -0.494 e. The van der Waals surface area contributed by atoms with Crippen molar-refractivity contribution in [3.63, 3.8) is 0 Å². The van der Waals surface area contributed by atoms with Crippen LogP contribution in [0.1, 0.15) is 77.2 Å². The molecule has 1 aromatic carbocycles. The van der Waals surface area contributed by atoms with E-state index in [-0.39, 0.29) is 0 Å². The van der Waals surface area contributed by atoms with Gasteiger partial charge in [-0.15, -0.1) is 0 Å². The molecule has 1 unspecified atom stereocenters. The Morgan fingerprint density at radius 2 is 1.83 bits per heavy atom. The monoisotopic (exact) mass is 314 g/mol. The van der Waals surface area contributed by atoms with Crippen LogP contribution in [0.2, 0.25) is 0 Å². The van der Waals surface area contributed by atoms with Crippen LogP contribution in [0.3, 0.4) is 0 Å². The quantitative estimate of drug-likeness (QED) is 0.344. The van der Waals surface area contributed by atoms with E-state index in [1.165, 1.54) is 63.4 Å². The lowest BCUT2D eigenvalue weighted by atomic mass is 9.84. The number of rotatable bonds is 10. The van der Waals surface area contributed by atoms with Crippen molar-refractivity contribution in [2.45, 2.75) is 78.1 Å². The summed E-state index contributed by atoms with van der Waals surface area (Å²) in [5.74, 6) is 1.96. The molecule has 2 rings (SSSR count). The predicted molar refractivity (Wildman–Crippen MR) is 100 cm³/mol. The minimum absolute atomic E-state index is 0.811. The summed E-state index contributed by atoms with van der Waals surface area (Å²) >= 11 is 0. The SMILES string of the molecule is CCCCCC1CC=C(CCc2ccc(OCCC)cc2)CC1. The van der Waals surface area contributed by atoms with E-state index in [1.807, 2.05) is 0 Å². The zero-order chi connectivity index (χ0) is 16.3. The van der Waals surface area contributed by atoms with Crippen molar-refractivity contribution in [1.29, 1.82) is 0 Å². The van der Waals surface area contributed by atoms with Crippen molar-refractivity contribution >= 4 is 0 Å². The van der Waals surface area contributed by atoms with Crippen LogP contribution in [0.4, 0.5) is 0 Å². The van der Waals surface area contributed by atoms with Crippen molar-refractivity contribution in [3.8, 4) is 5.75 Å².